The quantitative estimate of drug-likeness (QED) is 0.806. The maximum Gasteiger partial charge on any atom is 0.276 e. The van der Waals surface area contributed by atoms with Crippen molar-refractivity contribution in [3.63, 3.8) is 0 Å². The van der Waals surface area contributed by atoms with E-state index < -0.39 is 11.8 Å². The van der Waals surface area contributed by atoms with Crippen LogP contribution in [0.15, 0.2) is 46.9 Å². The van der Waals surface area contributed by atoms with Crippen LogP contribution in [-0.2, 0) is 4.79 Å². The minimum Gasteiger partial charge on any atom is -0.483 e. The first-order valence-electron chi connectivity index (χ1n) is 7.01. The van der Waals surface area contributed by atoms with Crippen molar-refractivity contribution in [1.29, 1.82) is 0 Å². The molecule has 0 aromatic heterocycles. The molecular formula is C17H17BrN2O3. The highest BCUT2D eigenvalue weighted by Crippen LogP contribution is 2.17. The van der Waals surface area contributed by atoms with Crippen LogP contribution in [0.3, 0.4) is 0 Å². The summed E-state index contributed by atoms with van der Waals surface area (Å²) < 4.78 is 6.23. The average molecular weight is 377 g/mol. The molecule has 0 heterocycles. The number of carbonyl (C=O) groups excluding carboxylic acids is 2. The predicted molar refractivity (Wildman–Crippen MR) is 91.2 cm³/mol. The number of halogens is 1. The van der Waals surface area contributed by atoms with Crippen LogP contribution in [0.25, 0.3) is 0 Å². The minimum atomic E-state index is -0.437. The molecular weight excluding hydrogens is 360 g/mol. The van der Waals surface area contributed by atoms with Gasteiger partial charge in [-0.25, -0.2) is 0 Å². The fourth-order valence-corrected chi connectivity index (χ4v) is 2.21. The van der Waals surface area contributed by atoms with Gasteiger partial charge in [-0.2, -0.15) is 0 Å². The summed E-state index contributed by atoms with van der Waals surface area (Å²) in [5.74, 6) is -0.195. The van der Waals surface area contributed by atoms with Crippen LogP contribution in [-0.4, -0.2) is 18.4 Å². The number of aryl methyl sites for hydroxylation is 2. The summed E-state index contributed by atoms with van der Waals surface area (Å²) in [5.41, 5.74) is 7.09. The zero-order valence-corrected chi connectivity index (χ0v) is 14.4. The normalized spacial score (nSPS) is 10.0. The molecule has 2 N–H and O–H groups in total. The molecule has 2 aromatic rings. The van der Waals surface area contributed by atoms with Crippen molar-refractivity contribution in [2.75, 3.05) is 6.61 Å². The number of hydrogen-bond acceptors (Lipinski definition) is 3. The van der Waals surface area contributed by atoms with Gasteiger partial charge in [0.25, 0.3) is 11.8 Å². The molecule has 0 atom stereocenters. The van der Waals surface area contributed by atoms with E-state index in [1.165, 1.54) is 0 Å². The van der Waals surface area contributed by atoms with Gasteiger partial charge >= 0.3 is 0 Å². The van der Waals surface area contributed by atoms with Gasteiger partial charge < -0.3 is 4.74 Å². The molecule has 0 aliphatic rings. The van der Waals surface area contributed by atoms with Crippen molar-refractivity contribution in [3.05, 3.63) is 63.6 Å². The Morgan fingerprint density at radius 1 is 1.04 bits per heavy atom. The number of nitrogens with one attached hydrogen (secondary N) is 2. The fraction of sp³-hybridized carbons (Fsp3) is 0.176. The second-order valence-corrected chi connectivity index (χ2v) is 5.87. The Bertz CT molecular complexity index is 732. The number of carbonyl (C=O) groups is 2. The van der Waals surface area contributed by atoms with Crippen LogP contribution in [0, 0.1) is 13.8 Å². The lowest BCUT2D eigenvalue weighted by atomic mass is 10.1. The second-order valence-electron chi connectivity index (χ2n) is 5.02. The van der Waals surface area contributed by atoms with Gasteiger partial charge in [-0.15, -0.1) is 0 Å². The lowest BCUT2D eigenvalue weighted by molar-refractivity contribution is -0.123. The molecule has 2 amide bonds. The van der Waals surface area contributed by atoms with Crippen molar-refractivity contribution in [2.24, 2.45) is 0 Å². The van der Waals surface area contributed by atoms with Crippen LogP contribution >= 0.6 is 15.9 Å². The lowest BCUT2D eigenvalue weighted by Gasteiger charge is -2.10. The summed E-state index contributed by atoms with van der Waals surface area (Å²) in [7, 11) is 0. The first-order chi connectivity index (χ1) is 11.0. The van der Waals surface area contributed by atoms with Crippen molar-refractivity contribution in [1.82, 2.24) is 10.9 Å². The second kappa shape index (κ2) is 7.78. The Morgan fingerprint density at radius 3 is 2.48 bits per heavy atom. The molecule has 0 fully saturated rings. The number of ether oxygens (including phenoxy) is 1. The molecule has 0 saturated carbocycles. The Morgan fingerprint density at radius 2 is 1.78 bits per heavy atom. The van der Waals surface area contributed by atoms with Crippen LogP contribution in [0.4, 0.5) is 0 Å². The number of hydrazine groups is 1. The van der Waals surface area contributed by atoms with Crippen molar-refractivity contribution in [2.45, 2.75) is 13.8 Å². The van der Waals surface area contributed by atoms with Crippen LogP contribution in [0.2, 0.25) is 0 Å². The van der Waals surface area contributed by atoms with Gasteiger partial charge in [-0.1, -0.05) is 40.2 Å². The van der Waals surface area contributed by atoms with Gasteiger partial charge in [0.1, 0.15) is 5.75 Å². The summed E-state index contributed by atoms with van der Waals surface area (Å²) in [6.07, 6.45) is 0. The van der Waals surface area contributed by atoms with E-state index in [9.17, 15) is 9.59 Å². The number of rotatable bonds is 4. The first kappa shape index (κ1) is 17.0. The third kappa shape index (κ3) is 4.82. The molecule has 0 radical (unpaired) electrons. The highest BCUT2D eigenvalue weighted by atomic mass is 79.9. The van der Waals surface area contributed by atoms with E-state index in [0.717, 1.165) is 15.6 Å². The molecule has 0 unspecified atom stereocenters. The number of para-hydroxylation sites is 1. The molecule has 2 aromatic carbocycles. The Hall–Kier alpha value is -2.34. The van der Waals surface area contributed by atoms with Crippen LogP contribution in [0.5, 0.6) is 5.75 Å². The Balaban J connectivity index is 1.83. The van der Waals surface area contributed by atoms with E-state index in [1.807, 2.05) is 38.1 Å². The maximum absolute atomic E-state index is 12.0. The minimum absolute atomic E-state index is 0.178. The third-order valence-electron chi connectivity index (χ3n) is 3.20. The van der Waals surface area contributed by atoms with Crippen molar-refractivity contribution in [3.8, 4) is 5.75 Å². The van der Waals surface area contributed by atoms with Crippen LogP contribution in [0.1, 0.15) is 21.5 Å². The van der Waals surface area contributed by atoms with E-state index in [1.54, 1.807) is 18.2 Å². The molecule has 120 valence electrons. The average Bonchev–Trinajstić information content (AvgIpc) is 2.54. The molecule has 23 heavy (non-hydrogen) atoms. The zero-order valence-electron chi connectivity index (χ0n) is 12.9. The van der Waals surface area contributed by atoms with Gasteiger partial charge in [0, 0.05) is 10.0 Å². The number of benzene rings is 2. The summed E-state index contributed by atoms with van der Waals surface area (Å²) in [4.78, 5) is 23.7. The number of amides is 2. The molecule has 0 spiro atoms. The van der Waals surface area contributed by atoms with Crippen molar-refractivity contribution < 1.29 is 14.3 Å². The Kier molecular flexibility index (Phi) is 5.76. The van der Waals surface area contributed by atoms with E-state index in [-0.39, 0.29) is 6.61 Å². The first-order valence-corrected chi connectivity index (χ1v) is 7.80. The molecule has 5 nitrogen and oxygen atoms in total. The fourth-order valence-electron chi connectivity index (χ4n) is 1.83. The molecule has 2 rings (SSSR count). The smallest absolute Gasteiger partial charge is 0.276 e. The highest BCUT2D eigenvalue weighted by molar-refractivity contribution is 9.10. The van der Waals surface area contributed by atoms with Gasteiger partial charge in [0.05, 0.1) is 0 Å². The predicted octanol–water partition coefficient (Wildman–Crippen LogP) is 2.91. The summed E-state index contributed by atoms with van der Waals surface area (Å²) in [6.45, 7) is 3.64. The maximum atomic E-state index is 12.0. The topological polar surface area (TPSA) is 67.4 Å². The standard InChI is InChI=1S/C17H17BrN2O3/c1-11-7-8-13(9-14(11)18)17(22)20-19-16(21)10-23-15-6-4-3-5-12(15)2/h3-9H,10H2,1-2H3,(H,19,21)(H,20,22). The SMILES string of the molecule is Cc1ccc(C(=O)NNC(=O)COc2ccccc2C)cc1Br. The van der Waals surface area contributed by atoms with E-state index >= 15 is 0 Å². The van der Waals surface area contributed by atoms with Crippen molar-refractivity contribution >= 4 is 27.7 Å². The summed E-state index contributed by atoms with van der Waals surface area (Å²) >= 11 is 3.36. The summed E-state index contributed by atoms with van der Waals surface area (Å²) in [6, 6.07) is 12.6. The van der Waals surface area contributed by atoms with Crippen LogP contribution < -0.4 is 15.6 Å². The van der Waals surface area contributed by atoms with E-state index in [0.29, 0.717) is 11.3 Å². The highest BCUT2D eigenvalue weighted by Gasteiger charge is 2.09. The molecule has 0 saturated heterocycles. The lowest BCUT2D eigenvalue weighted by Crippen LogP contribution is -2.43. The van der Waals surface area contributed by atoms with E-state index in [4.69, 9.17) is 4.74 Å². The van der Waals surface area contributed by atoms with E-state index in [2.05, 4.69) is 26.8 Å². The third-order valence-corrected chi connectivity index (χ3v) is 4.06. The molecule has 0 bridgehead atoms. The van der Waals surface area contributed by atoms with Gasteiger partial charge in [0.15, 0.2) is 6.61 Å². The number of hydrogen-bond donors (Lipinski definition) is 2. The van der Waals surface area contributed by atoms with Gasteiger partial charge in [-0.3, -0.25) is 20.4 Å². The summed E-state index contributed by atoms with van der Waals surface area (Å²) in [5, 5.41) is 0. The molecule has 0 aliphatic heterocycles. The Labute approximate surface area is 143 Å². The zero-order chi connectivity index (χ0) is 16.8. The largest absolute Gasteiger partial charge is 0.483 e. The molecule has 6 heteroatoms. The van der Waals surface area contributed by atoms with Gasteiger partial charge in [-0.05, 0) is 43.2 Å². The monoisotopic (exact) mass is 376 g/mol. The van der Waals surface area contributed by atoms with Gasteiger partial charge in [0.2, 0.25) is 0 Å². The molecule has 0 aliphatic carbocycles.